The third kappa shape index (κ3) is 3.36. The molecule has 72 valence electrons. The van der Waals surface area contributed by atoms with Crippen LogP contribution in [0.3, 0.4) is 0 Å². The minimum absolute atomic E-state index is 0.670. The molecule has 1 aromatic rings. The topological polar surface area (TPSA) is 18.5 Å². The fourth-order valence-electron chi connectivity index (χ4n) is 0.844. The average Bonchev–Trinajstić information content (AvgIpc) is 2.17. The van der Waals surface area contributed by atoms with Gasteiger partial charge in [0, 0.05) is 15.6 Å². The highest BCUT2D eigenvalue weighted by Crippen LogP contribution is 2.28. The summed E-state index contributed by atoms with van der Waals surface area (Å²) in [5.41, 5.74) is 0. The van der Waals surface area contributed by atoms with Crippen molar-refractivity contribution in [3.8, 4) is 5.75 Å². The van der Waals surface area contributed by atoms with Gasteiger partial charge in [-0.05, 0) is 40.8 Å². The van der Waals surface area contributed by atoms with Crippen molar-refractivity contribution in [2.24, 2.45) is 0 Å². The van der Waals surface area contributed by atoms with Gasteiger partial charge in [0.1, 0.15) is 5.75 Å². The highest BCUT2D eigenvalue weighted by atomic mass is 127. The molecule has 4 heteroatoms. The number of thioether (sulfide) groups is 1. The van der Waals surface area contributed by atoms with Crippen molar-refractivity contribution in [3.63, 3.8) is 0 Å². The molecule has 0 aliphatic heterocycles. The summed E-state index contributed by atoms with van der Waals surface area (Å²) in [5, 5.41) is 0. The maximum absolute atomic E-state index is 5.13. The third-order valence-corrected chi connectivity index (χ3v) is 3.78. The van der Waals surface area contributed by atoms with Crippen molar-refractivity contribution in [1.82, 2.24) is 0 Å². The zero-order chi connectivity index (χ0) is 9.68. The Labute approximate surface area is 96.1 Å². The summed E-state index contributed by atoms with van der Waals surface area (Å²) in [7, 11) is 3.37. The van der Waals surface area contributed by atoms with Crippen molar-refractivity contribution in [2.75, 3.05) is 20.2 Å². The van der Waals surface area contributed by atoms with Crippen LogP contribution in [0.5, 0.6) is 5.75 Å². The van der Waals surface area contributed by atoms with Gasteiger partial charge < -0.3 is 9.47 Å². The van der Waals surface area contributed by atoms with E-state index >= 15 is 0 Å². The Balaban J connectivity index is 2.78. The molecule has 0 atom stereocenters. The number of halogens is 1. The highest BCUT2D eigenvalue weighted by Gasteiger charge is 2.01. The molecule has 0 spiro atoms. The van der Waals surface area contributed by atoms with Crippen molar-refractivity contribution in [1.29, 1.82) is 0 Å². The van der Waals surface area contributed by atoms with Gasteiger partial charge in [-0.3, -0.25) is 0 Å². The van der Waals surface area contributed by atoms with Gasteiger partial charge in [0.15, 0.2) is 0 Å². The summed E-state index contributed by atoms with van der Waals surface area (Å²) in [6.07, 6.45) is 0. The Hall–Kier alpha value is 0.0600. The van der Waals surface area contributed by atoms with Crippen LogP contribution in [0, 0.1) is 3.57 Å². The van der Waals surface area contributed by atoms with Gasteiger partial charge in [-0.25, -0.2) is 0 Å². The number of methoxy groups -OCH3 is 2. The van der Waals surface area contributed by atoms with E-state index < -0.39 is 0 Å². The number of rotatable bonds is 4. The molecule has 0 aromatic heterocycles. The predicted octanol–water partition coefficient (Wildman–Crippen LogP) is 3.00. The fraction of sp³-hybridized carbons (Fsp3) is 0.333. The number of hydrogen-bond acceptors (Lipinski definition) is 3. The second-order valence-electron chi connectivity index (χ2n) is 2.35. The molecular weight excluding hydrogens is 299 g/mol. The minimum Gasteiger partial charge on any atom is -0.497 e. The molecule has 0 saturated heterocycles. The fourth-order valence-corrected chi connectivity index (χ4v) is 2.30. The van der Waals surface area contributed by atoms with E-state index in [-0.39, 0.29) is 0 Å². The van der Waals surface area contributed by atoms with Crippen molar-refractivity contribution in [3.05, 3.63) is 21.8 Å². The van der Waals surface area contributed by atoms with Gasteiger partial charge in [-0.2, -0.15) is 0 Å². The zero-order valence-corrected chi connectivity index (χ0v) is 10.5. The molecule has 0 amide bonds. The Bertz CT molecular complexity index is 278. The number of ether oxygens (including phenoxy) is 2. The molecular formula is C9H11IO2S. The second-order valence-corrected chi connectivity index (χ2v) is 4.47. The SMILES string of the molecule is COCSc1cc(OC)ccc1I. The van der Waals surface area contributed by atoms with Crippen LogP contribution in [0.1, 0.15) is 0 Å². The molecule has 0 aliphatic rings. The van der Waals surface area contributed by atoms with Gasteiger partial charge in [0.2, 0.25) is 0 Å². The monoisotopic (exact) mass is 310 g/mol. The second kappa shape index (κ2) is 5.72. The van der Waals surface area contributed by atoms with E-state index in [1.807, 2.05) is 18.2 Å². The first-order chi connectivity index (χ1) is 6.27. The van der Waals surface area contributed by atoms with Crippen LogP contribution < -0.4 is 4.74 Å². The molecule has 0 radical (unpaired) electrons. The lowest BCUT2D eigenvalue weighted by atomic mass is 10.3. The lowest BCUT2D eigenvalue weighted by Gasteiger charge is -2.05. The summed E-state index contributed by atoms with van der Waals surface area (Å²) in [6.45, 7) is 0. The van der Waals surface area contributed by atoms with Crippen LogP contribution in [0.15, 0.2) is 23.1 Å². The molecule has 0 heterocycles. The molecule has 1 aromatic carbocycles. The first kappa shape index (κ1) is 11.1. The Morgan fingerprint density at radius 3 is 2.77 bits per heavy atom. The van der Waals surface area contributed by atoms with Crippen LogP contribution in [0.4, 0.5) is 0 Å². The van der Waals surface area contributed by atoms with Crippen molar-refractivity contribution >= 4 is 34.4 Å². The molecule has 0 aliphatic carbocycles. The first-order valence-electron chi connectivity index (χ1n) is 3.73. The van der Waals surface area contributed by atoms with Gasteiger partial charge in [0.25, 0.3) is 0 Å². The Morgan fingerprint density at radius 1 is 1.38 bits per heavy atom. The number of benzene rings is 1. The first-order valence-corrected chi connectivity index (χ1v) is 5.79. The normalized spacial score (nSPS) is 10.1. The van der Waals surface area contributed by atoms with Gasteiger partial charge in [-0.15, -0.1) is 0 Å². The van der Waals surface area contributed by atoms with Gasteiger partial charge in [0.05, 0.1) is 13.0 Å². The van der Waals surface area contributed by atoms with E-state index in [9.17, 15) is 0 Å². The molecule has 0 unspecified atom stereocenters. The van der Waals surface area contributed by atoms with Crippen LogP contribution >= 0.6 is 34.4 Å². The van der Waals surface area contributed by atoms with Crippen molar-refractivity contribution < 1.29 is 9.47 Å². The van der Waals surface area contributed by atoms with Crippen LogP contribution in [-0.2, 0) is 4.74 Å². The third-order valence-electron chi connectivity index (χ3n) is 1.47. The maximum atomic E-state index is 5.13. The van der Waals surface area contributed by atoms with E-state index in [4.69, 9.17) is 9.47 Å². The summed E-state index contributed by atoms with van der Waals surface area (Å²) < 4.78 is 11.3. The summed E-state index contributed by atoms with van der Waals surface area (Å²) in [5.74, 6) is 1.56. The lowest BCUT2D eigenvalue weighted by molar-refractivity contribution is 0.259. The predicted molar refractivity (Wildman–Crippen MR) is 63.4 cm³/mol. The minimum atomic E-state index is 0.670. The molecule has 1 rings (SSSR count). The number of hydrogen-bond donors (Lipinski definition) is 0. The van der Waals surface area contributed by atoms with Crippen LogP contribution in [0.25, 0.3) is 0 Å². The van der Waals surface area contributed by atoms with Crippen LogP contribution in [-0.4, -0.2) is 20.2 Å². The van der Waals surface area contributed by atoms with E-state index in [0.717, 1.165) is 5.75 Å². The molecule has 0 saturated carbocycles. The molecule has 0 bridgehead atoms. The standard InChI is InChI=1S/C9H11IO2S/c1-11-6-13-9-5-7(12-2)3-4-8(9)10/h3-5H,6H2,1-2H3. The van der Waals surface area contributed by atoms with Crippen molar-refractivity contribution in [2.45, 2.75) is 4.90 Å². The Morgan fingerprint density at radius 2 is 2.15 bits per heavy atom. The van der Waals surface area contributed by atoms with E-state index in [2.05, 4.69) is 22.6 Å². The van der Waals surface area contributed by atoms with Gasteiger partial charge >= 0.3 is 0 Å². The van der Waals surface area contributed by atoms with E-state index in [0.29, 0.717) is 5.94 Å². The lowest BCUT2D eigenvalue weighted by Crippen LogP contribution is -1.87. The highest BCUT2D eigenvalue weighted by molar-refractivity contribution is 14.1. The summed E-state index contributed by atoms with van der Waals surface area (Å²) in [4.78, 5) is 1.20. The summed E-state index contributed by atoms with van der Waals surface area (Å²) >= 11 is 3.97. The Kier molecular flexibility index (Phi) is 4.90. The molecule has 0 fully saturated rings. The molecule has 13 heavy (non-hydrogen) atoms. The zero-order valence-electron chi connectivity index (χ0n) is 7.54. The largest absolute Gasteiger partial charge is 0.497 e. The van der Waals surface area contributed by atoms with Crippen LogP contribution in [0.2, 0.25) is 0 Å². The quantitative estimate of drug-likeness (QED) is 0.484. The molecule has 0 N–H and O–H groups in total. The maximum Gasteiger partial charge on any atom is 0.120 e. The average molecular weight is 310 g/mol. The van der Waals surface area contributed by atoms with Gasteiger partial charge in [-0.1, -0.05) is 11.8 Å². The smallest absolute Gasteiger partial charge is 0.120 e. The summed E-state index contributed by atoms with van der Waals surface area (Å²) in [6, 6.07) is 6.02. The van der Waals surface area contributed by atoms with E-state index in [1.54, 1.807) is 26.0 Å². The molecule has 2 nitrogen and oxygen atoms in total. The van der Waals surface area contributed by atoms with E-state index in [1.165, 1.54) is 8.47 Å².